The number of nitrogens with one attached hydrogen (secondary N) is 2. The topological polar surface area (TPSA) is 78.4 Å². The maximum absolute atomic E-state index is 11.7. The highest BCUT2D eigenvalue weighted by Gasteiger charge is 2.42. The number of anilines is 1. The second-order valence-electron chi connectivity index (χ2n) is 5.16. The Kier molecular flexibility index (Phi) is 3.85. The largest absolute Gasteiger partial charge is 0.396 e. The van der Waals surface area contributed by atoms with Crippen LogP contribution in [0.2, 0.25) is 0 Å². The summed E-state index contributed by atoms with van der Waals surface area (Å²) in [5.41, 5.74) is 1.41. The highest BCUT2D eigenvalue weighted by Crippen LogP contribution is 2.44. The number of carbonyl (C=O) groups is 2. The zero-order valence-electron chi connectivity index (χ0n) is 10.9. The molecule has 3 N–H and O–H groups in total. The lowest BCUT2D eigenvalue weighted by Gasteiger charge is -2.12. The van der Waals surface area contributed by atoms with E-state index in [1.165, 1.54) is 0 Å². The van der Waals surface area contributed by atoms with Crippen LogP contribution in [0.1, 0.15) is 18.4 Å². The molecule has 1 aromatic rings. The minimum Gasteiger partial charge on any atom is -0.396 e. The van der Waals surface area contributed by atoms with Crippen LogP contribution in [0.3, 0.4) is 0 Å². The molecule has 5 heteroatoms. The minimum absolute atomic E-state index is 0.0484. The average Bonchev–Trinajstić information content (AvgIpc) is 3.16. The van der Waals surface area contributed by atoms with Gasteiger partial charge in [0.1, 0.15) is 0 Å². The van der Waals surface area contributed by atoms with Crippen LogP contribution in [0.4, 0.5) is 5.69 Å². The van der Waals surface area contributed by atoms with Crippen LogP contribution >= 0.6 is 0 Å². The van der Waals surface area contributed by atoms with Gasteiger partial charge in [-0.25, -0.2) is 0 Å². The quantitative estimate of drug-likeness (QED) is 0.703. The predicted octanol–water partition coefficient (Wildman–Crippen LogP) is 0.822. The van der Waals surface area contributed by atoms with E-state index in [4.69, 9.17) is 5.11 Å². The molecule has 1 saturated carbocycles. The van der Waals surface area contributed by atoms with E-state index in [-0.39, 0.29) is 12.0 Å². The maximum Gasteiger partial charge on any atom is 0.313 e. The number of hydrogen-bond donors (Lipinski definition) is 3. The van der Waals surface area contributed by atoms with Gasteiger partial charge >= 0.3 is 11.8 Å². The van der Waals surface area contributed by atoms with Gasteiger partial charge in [-0.3, -0.25) is 9.59 Å². The summed E-state index contributed by atoms with van der Waals surface area (Å²) >= 11 is 0. The van der Waals surface area contributed by atoms with Crippen molar-refractivity contribution < 1.29 is 14.7 Å². The highest BCUT2D eigenvalue weighted by molar-refractivity contribution is 6.39. The lowest BCUT2D eigenvalue weighted by molar-refractivity contribution is -0.136. The summed E-state index contributed by atoms with van der Waals surface area (Å²) < 4.78 is 0. The van der Waals surface area contributed by atoms with Crippen molar-refractivity contribution in [2.45, 2.75) is 19.8 Å². The van der Waals surface area contributed by atoms with Crippen LogP contribution in [-0.4, -0.2) is 30.1 Å². The molecule has 5 nitrogen and oxygen atoms in total. The summed E-state index contributed by atoms with van der Waals surface area (Å²) in [4.78, 5) is 23.3. The van der Waals surface area contributed by atoms with Crippen LogP contribution in [-0.2, 0) is 9.59 Å². The second-order valence-corrected chi connectivity index (χ2v) is 5.16. The van der Waals surface area contributed by atoms with Crippen molar-refractivity contribution in [3.63, 3.8) is 0 Å². The predicted molar refractivity (Wildman–Crippen MR) is 71.6 cm³/mol. The van der Waals surface area contributed by atoms with Crippen molar-refractivity contribution >= 4 is 17.5 Å². The summed E-state index contributed by atoms with van der Waals surface area (Å²) in [5, 5.41) is 14.2. The zero-order chi connectivity index (χ0) is 13.9. The molecule has 0 bridgehead atoms. The van der Waals surface area contributed by atoms with E-state index in [2.05, 4.69) is 10.6 Å². The van der Waals surface area contributed by atoms with Gasteiger partial charge in [-0.15, -0.1) is 0 Å². The third-order valence-corrected chi connectivity index (χ3v) is 3.40. The first-order chi connectivity index (χ1) is 9.04. The Bertz CT molecular complexity index is 495. The standard InChI is InChI=1S/C14H18N2O3/c1-10-3-2-4-11(7-10)16-13(19)12(18)15-8-14(9-17)5-6-14/h2-4,7,17H,5-6,8-9H2,1H3,(H,15,18)(H,16,19). The van der Waals surface area contributed by atoms with E-state index in [1.54, 1.807) is 12.1 Å². The number of aryl methyl sites for hydroxylation is 1. The molecule has 2 amide bonds. The number of hydrogen-bond acceptors (Lipinski definition) is 3. The fraction of sp³-hybridized carbons (Fsp3) is 0.429. The van der Waals surface area contributed by atoms with Crippen molar-refractivity contribution in [1.82, 2.24) is 5.32 Å². The number of aliphatic hydroxyl groups is 1. The van der Waals surface area contributed by atoms with E-state index < -0.39 is 11.8 Å². The molecule has 19 heavy (non-hydrogen) atoms. The monoisotopic (exact) mass is 262 g/mol. The van der Waals surface area contributed by atoms with Crippen molar-refractivity contribution in [2.75, 3.05) is 18.5 Å². The molecule has 0 heterocycles. The van der Waals surface area contributed by atoms with Crippen LogP contribution in [0.15, 0.2) is 24.3 Å². The number of benzene rings is 1. The Morgan fingerprint density at radius 2 is 2.05 bits per heavy atom. The van der Waals surface area contributed by atoms with Gasteiger partial charge in [-0.1, -0.05) is 12.1 Å². The number of aliphatic hydroxyl groups excluding tert-OH is 1. The van der Waals surface area contributed by atoms with E-state index in [0.29, 0.717) is 12.2 Å². The molecule has 0 aromatic heterocycles. The average molecular weight is 262 g/mol. The number of rotatable bonds is 4. The van der Waals surface area contributed by atoms with Crippen molar-refractivity contribution in [1.29, 1.82) is 0 Å². The third kappa shape index (κ3) is 3.54. The number of amides is 2. The van der Waals surface area contributed by atoms with Gasteiger partial charge in [0.15, 0.2) is 0 Å². The van der Waals surface area contributed by atoms with Gasteiger partial charge in [0, 0.05) is 17.6 Å². The summed E-state index contributed by atoms with van der Waals surface area (Å²) in [7, 11) is 0. The molecule has 1 aliphatic rings. The van der Waals surface area contributed by atoms with E-state index in [9.17, 15) is 9.59 Å². The van der Waals surface area contributed by atoms with Crippen molar-refractivity contribution in [2.24, 2.45) is 5.41 Å². The van der Waals surface area contributed by atoms with Gasteiger partial charge < -0.3 is 15.7 Å². The Morgan fingerprint density at radius 1 is 1.32 bits per heavy atom. The molecule has 0 atom stereocenters. The smallest absolute Gasteiger partial charge is 0.313 e. The molecule has 1 aliphatic carbocycles. The lowest BCUT2D eigenvalue weighted by atomic mass is 10.1. The van der Waals surface area contributed by atoms with Gasteiger partial charge in [0.05, 0.1) is 6.61 Å². The second kappa shape index (κ2) is 5.40. The molecular formula is C14H18N2O3. The Morgan fingerprint density at radius 3 is 2.63 bits per heavy atom. The summed E-state index contributed by atoms with van der Waals surface area (Å²) in [6.45, 7) is 2.31. The summed E-state index contributed by atoms with van der Waals surface area (Å²) in [6.07, 6.45) is 1.78. The molecule has 0 radical (unpaired) electrons. The third-order valence-electron chi connectivity index (χ3n) is 3.40. The lowest BCUT2D eigenvalue weighted by Crippen LogP contribution is -2.39. The molecule has 0 spiro atoms. The normalized spacial score (nSPS) is 15.7. The molecule has 0 saturated heterocycles. The van der Waals surface area contributed by atoms with Gasteiger partial charge in [-0.2, -0.15) is 0 Å². The van der Waals surface area contributed by atoms with Gasteiger partial charge in [0.25, 0.3) is 0 Å². The molecule has 1 fully saturated rings. The summed E-state index contributed by atoms with van der Waals surface area (Å²) in [6, 6.07) is 7.25. The molecule has 0 unspecified atom stereocenters. The van der Waals surface area contributed by atoms with Gasteiger partial charge in [0.2, 0.25) is 0 Å². The molecular weight excluding hydrogens is 244 g/mol. The van der Waals surface area contributed by atoms with Crippen LogP contribution in [0.25, 0.3) is 0 Å². The molecule has 0 aliphatic heterocycles. The fourth-order valence-corrected chi connectivity index (χ4v) is 1.83. The Hall–Kier alpha value is -1.88. The highest BCUT2D eigenvalue weighted by atomic mass is 16.3. The first kappa shape index (κ1) is 13.5. The van der Waals surface area contributed by atoms with Crippen molar-refractivity contribution in [3.05, 3.63) is 29.8 Å². The van der Waals surface area contributed by atoms with Gasteiger partial charge in [-0.05, 0) is 37.5 Å². The fourth-order valence-electron chi connectivity index (χ4n) is 1.83. The van der Waals surface area contributed by atoms with E-state index in [0.717, 1.165) is 18.4 Å². The molecule has 1 aromatic carbocycles. The Labute approximate surface area is 112 Å². The van der Waals surface area contributed by atoms with E-state index in [1.807, 2.05) is 19.1 Å². The maximum atomic E-state index is 11.7. The SMILES string of the molecule is Cc1cccc(NC(=O)C(=O)NCC2(CO)CC2)c1. The minimum atomic E-state index is -0.681. The van der Waals surface area contributed by atoms with Crippen molar-refractivity contribution in [3.8, 4) is 0 Å². The van der Waals surface area contributed by atoms with Crippen LogP contribution in [0, 0.1) is 12.3 Å². The molecule has 102 valence electrons. The summed E-state index contributed by atoms with van der Waals surface area (Å²) in [5.74, 6) is -1.35. The van der Waals surface area contributed by atoms with Crippen LogP contribution < -0.4 is 10.6 Å². The first-order valence-electron chi connectivity index (χ1n) is 6.31. The molecule has 2 rings (SSSR count). The van der Waals surface area contributed by atoms with E-state index >= 15 is 0 Å². The first-order valence-corrected chi connectivity index (χ1v) is 6.31. The Balaban J connectivity index is 1.84. The number of carbonyl (C=O) groups excluding carboxylic acids is 2. The van der Waals surface area contributed by atoms with Crippen LogP contribution in [0.5, 0.6) is 0 Å². The zero-order valence-corrected chi connectivity index (χ0v) is 10.9.